The van der Waals surface area contributed by atoms with Crippen molar-refractivity contribution >= 4 is 47.8 Å². The van der Waals surface area contributed by atoms with Gasteiger partial charge < -0.3 is 27.9 Å². The lowest BCUT2D eigenvalue weighted by Crippen LogP contribution is -2.41. The first kappa shape index (κ1) is 28.3. The molecule has 0 N–H and O–H groups in total. The van der Waals surface area contributed by atoms with Crippen LogP contribution in [0.15, 0.2) is 65.8 Å². The highest BCUT2D eigenvalue weighted by Crippen LogP contribution is 2.47. The van der Waals surface area contributed by atoms with Gasteiger partial charge in [-0.1, -0.05) is 35.9 Å². The molecule has 3 aliphatic heterocycles. The topological polar surface area (TPSA) is 51.1 Å². The molecule has 0 saturated carbocycles. The number of benzene rings is 2. The number of hydrogen-bond donors (Lipinski definition) is 0. The molecule has 0 radical (unpaired) electrons. The predicted octanol–water partition coefficient (Wildman–Crippen LogP) is 7.23. The Morgan fingerprint density at radius 1 is 0.762 bits per heavy atom. The van der Waals surface area contributed by atoms with Crippen LogP contribution in [-0.4, -0.2) is 41.2 Å². The van der Waals surface area contributed by atoms with Gasteiger partial charge in [0, 0.05) is 21.5 Å². The molecule has 3 aromatic rings. The summed E-state index contributed by atoms with van der Waals surface area (Å²) >= 11 is 6.47. The number of allylic oxidation sites excluding steroid dienone is 3. The normalized spacial score (nSPS) is 25.4. The van der Waals surface area contributed by atoms with E-state index in [1.54, 1.807) is 0 Å². The molecule has 1 aromatic heterocycles. The molecule has 7 rings (SSSR count). The van der Waals surface area contributed by atoms with Gasteiger partial charge in [0.25, 0.3) is 0 Å². The SMILES string of the molecule is CC1(C)OB(C2=CC3=C(CC2)c2cc4cc(B5OC(C)(C)C(C)(C)O5)ccc4n2C(c2cccc(Cl)c2)O3)OC1(C)C. The van der Waals surface area contributed by atoms with E-state index >= 15 is 0 Å². The summed E-state index contributed by atoms with van der Waals surface area (Å²) < 4.78 is 34.7. The van der Waals surface area contributed by atoms with Crippen molar-refractivity contribution in [2.45, 2.75) is 96.9 Å². The third kappa shape index (κ3) is 4.33. The monoisotopic (exact) mass is 585 g/mol. The molecule has 6 nitrogen and oxygen atoms in total. The Labute approximate surface area is 254 Å². The Morgan fingerprint density at radius 3 is 2.05 bits per heavy atom. The highest BCUT2D eigenvalue weighted by atomic mass is 35.5. The van der Waals surface area contributed by atoms with Crippen LogP contribution in [0.5, 0.6) is 0 Å². The molecule has 4 heterocycles. The van der Waals surface area contributed by atoms with Gasteiger partial charge in [-0.15, -0.1) is 0 Å². The molecule has 0 amide bonds. The number of halogens is 1. The van der Waals surface area contributed by atoms with Gasteiger partial charge >= 0.3 is 14.2 Å². The molecule has 2 aromatic carbocycles. The second kappa shape index (κ2) is 9.26. The lowest BCUT2D eigenvalue weighted by atomic mass is 9.72. The fourth-order valence-electron chi connectivity index (χ4n) is 6.18. The first-order valence-corrected chi connectivity index (χ1v) is 15.3. The van der Waals surface area contributed by atoms with Crippen LogP contribution < -0.4 is 5.46 Å². The van der Waals surface area contributed by atoms with E-state index in [0.29, 0.717) is 5.02 Å². The molecule has 9 heteroatoms. The van der Waals surface area contributed by atoms with Crippen molar-refractivity contribution in [1.29, 1.82) is 0 Å². The maximum Gasteiger partial charge on any atom is 0.494 e. The van der Waals surface area contributed by atoms with Gasteiger partial charge in [0.1, 0.15) is 5.76 Å². The zero-order valence-electron chi connectivity index (χ0n) is 25.7. The third-order valence-electron chi connectivity index (χ3n) is 10.1. The molecule has 1 unspecified atom stereocenters. The minimum absolute atomic E-state index is 0.383. The van der Waals surface area contributed by atoms with Crippen molar-refractivity contribution in [2.24, 2.45) is 0 Å². The molecule has 0 spiro atoms. The molecule has 0 bridgehead atoms. The van der Waals surface area contributed by atoms with Crippen molar-refractivity contribution in [3.63, 3.8) is 0 Å². The first-order valence-electron chi connectivity index (χ1n) is 14.9. The number of rotatable bonds is 3. The fourth-order valence-corrected chi connectivity index (χ4v) is 6.37. The van der Waals surface area contributed by atoms with Crippen LogP contribution >= 0.6 is 11.6 Å². The zero-order chi connectivity index (χ0) is 29.8. The predicted molar refractivity (Wildman–Crippen MR) is 169 cm³/mol. The fraction of sp³-hybridized carbons (Fsp3) is 0.455. The maximum absolute atomic E-state index is 6.85. The second-order valence-electron chi connectivity index (χ2n) is 14.0. The van der Waals surface area contributed by atoms with Gasteiger partial charge in [0.2, 0.25) is 6.23 Å². The Kier molecular flexibility index (Phi) is 6.24. The number of hydrogen-bond acceptors (Lipinski definition) is 5. The number of nitrogens with zero attached hydrogens (tertiary/aromatic N) is 1. The van der Waals surface area contributed by atoms with E-state index < -0.39 is 36.6 Å². The summed E-state index contributed by atoms with van der Waals surface area (Å²) in [4.78, 5) is 0. The van der Waals surface area contributed by atoms with Crippen LogP contribution in [-0.2, 0) is 23.4 Å². The summed E-state index contributed by atoms with van der Waals surface area (Å²) in [6.07, 6.45) is 3.41. The first-order chi connectivity index (χ1) is 19.7. The molecule has 218 valence electrons. The van der Waals surface area contributed by atoms with E-state index in [4.69, 9.17) is 35.0 Å². The molecule has 4 aliphatic rings. The van der Waals surface area contributed by atoms with Crippen LogP contribution in [0.3, 0.4) is 0 Å². The van der Waals surface area contributed by atoms with E-state index in [0.717, 1.165) is 51.7 Å². The van der Waals surface area contributed by atoms with Crippen LogP contribution in [0.1, 0.15) is 85.7 Å². The summed E-state index contributed by atoms with van der Waals surface area (Å²) in [5, 5.41) is 1.79. The average Bonchev–Trinajstić information content (AvgIpc) is 3.47. The van der Waals surface area contributed by atoms with Gasteiger partial charge in [-0.3, -0.25) is 0 Å². The third-order valence-corrected chi connectivity index (χ3v) is 10.4. The maximum atomic E-state index is 6.85. The van der Waals surface area contributed by atoms with Crippen molar-refractivity contribution in [3.8, 4) is 0 Å². The molecule has 1 aliphatic carbocycles. The quantitative estimate of drug-likeness (QED) is 0.304. The van der Waals surface area contributed by atoms with Crippen LogP contribution in [0, 0.1) is 0 Å². The number of fused-ring (bicyclic) bond motifs is 4. The van der Waals surface area contributed by atoms with E-state index in [9.17, 15) is 0 Å². The van der Waals surface area contributed by atoms with Crippen molar-refractivity contribution in [1.82, 2.24) is 4.57 Å². The van der Waals surface area contributed by atoms with Gasteiger partial charge in [0.15, 0.2) is 0 Å². The minimum Gasteiger partial charge on any atom is -0.466 e. The summed E-state index contributed by atoms with van der Waals surface area (Å²) in [7, 11) is -0.821. The number of aromatic nitrogens is 1. The largest absolute Gasteiger partial charge is 0.494 e. The minimum atomic E-state index is -0.425. The van der Waals surface area contributed by atoms with E-state index in [-0.39, 0.29) is 6.23 Å². The van der Waals surface area contributed by atoms with Crippen LogP contribution in [0.4, 0.5) is 0 Å². The molecule has 42 heavy (non-hydrogen) atoms. The molecule has 2 saturated heterocycles. The van der Waals surface area contributed by atoms with Gasteiger partial charge in [0.05, 0.1) is 33.6 Å². The smallest absolute Gasteiger partial charge is 0.466 e. The lowest BCUT2D eigenvalue weighted by molar-refractivity contribution is 0.00578. The average molecular weight is 586 g/mol. The molecular weight excluding hydrogens is 547 g/mol. The Bertz CT molecular complexity index is 1640. The summed E-state index contributed by atoms with van der Waals surface area (Å²) in [6, 6.07) is 16.6. The highest BCUT2D eigenvalue weighted by molar-refractivity contribution is 6.62. The van der Waals surface area contributed by atoms with Gasteiger partial charge in [-0.2, -0.15) is 0 Å². The Hall–Kier alpha value is -2.48. The lowest BCUT2D eigenvalue weighted by Gasteiger charge is -2.33. The van der Waals surface area contributed by atoms with Crippen LogP contribution in [0.2, 0.25) is 5.02 Å². The number of ether oxygens (including phenoxy) is 1. The Morgan fingerprint density at radius 2 is 1.40 bits per heavy atom. The summed E-state index contributed by atoms with van der Waals surface area (Å²) in [6.45, 7) is 16.7. The van der Waals surface area contributed by atoms with Crippen LogP contribution in [0.25, 0.3) is 16.5 Å². The summed E-state index contributed by atoms with van der Waals surface area (Å²) in [5.41, 5.74) is 4.91. The van der Waals surface area contributed by atoms with Crippen molar-refractivity contribution < 1.29 is 23.4 Å². The van der Waals surface area contributed by atoms with E-state index in [2.05, 4.69) is 96.4 Å². The summed E-state index contributed by atoms with van der Waals surface area (Å²) in [5.74, 6) is 0.859. The van der Waals surface area contributed by atoms with Crippen molar-refractivity contribution in [3.05, 3.63) is 82.1 Å². The highest BCUT2D eigenvalue weighted by Gasteiger charge is 2.53. The van der Waals surface area contributed by atoms with E-state index in [1.165, 1.54) is 5.57 Å². The standard InChI is InChI=1S/C33H38B2ClNO5/c1-30(2)31(3,4)40-34(39-30)22-13-15-26-21(16-22)18-27-25-14-12-23(35-41-32(5,6)33(7,8)42-35)19-28(25)38-29(37(26)27)20-10-9-11-24(36)17-20/h9-11,13,15-19,29H,12,14H2,1-8H3. The Balaban J connectivity index is 1.32. The van der Waals surface area contributed by atoms with E-state index in [1.807, 2.05) is 18.2 Å². The van der Waals surface area contributed by atoms with Gasteiger partial charge in [-0.25, -0.2) is 0 Å². The zero-order valence-corrected chi connectivity index (χ0v) is 26.5. The molecule has 1 atom stereocenters. The van der Waals surface area contributed by atoms with Crippen molar-refractivity contribution in [2.75, 3.05) is 0 Å². The van der Waals surface area contributed by atoms with Gasteiger partial charge in [-0.05, 0) is 110 Å². The second-order valence-corrected chi connectivity index (χ2v) is 14.4. The molecular formula is C33H38B2ClNO5. The molecule has 2 fully saturated rings.